The Hall–Kier alpha value is -2.41. The van der Waals surface area contributed by atoms with E-state index < -0.39 is 63.3 Å². The molecule has 0 saturated heterocycles. The molecule has 0 radical (unpaired) electrons. The SMILES string of the molecule is Fc1ccc(-n2c(C(F)(F)F)c(C(F)(F)F)c(C(F)(F)F)c2C(F)(F)F)cc1. The van der Waals surface area contributed by atoms with E-state index in [1.165, 1.54) is 0 Å². The fraction of sp³-hybridized carbons (Fsp3) is 0.286. The van der Waals surface area contributed by atoms with Crippen LogP contribution in [0.1, 0.15) is 22.5 Å². The largest absolute Gasteiger partial charge is 0.432 e. The van der Waals surface area contributed by atoms with Crippen LogP contribution in [-0.4, -0.2) is 4.57 Å². The van der Waals surface area contributed by atoms with Gasteiger partial charge in [0.15, 0.2) is 0 Å². The minimum atomic E-state index is -6.44. The zero-order valence-electron chi connectivity index (χ0n) is 12.7. The highest BCUT2D eigenvalue weighted by Gasteiger charge is 2.59. The van der Waals surface area contributed by atoms with Crippen LogP contribution in [0.25, 0.3) is 5.69 Å². The van der Waals surface area contributed by atoms with E-state index in [-0.39, 0.29) is 24.3 Å². The van der Waals surface area contributed by atoms with Gasteiger partial charge in [-0.3, -0.25) is 0 Å². The van der Waals surface area contributed by atoms with Crippen molar-refractivity contribution < 1.29 is 57.1 Å². The molecule has 0 fully saturated rings. The van der Waals surface area contributed by atoms with E-state index in [0.717, 1.165) is 0 Å². The lowest BCUT2D eigenvalue weighted by Crippen LogP contribution is -2.21. The predicted molar refractivity (Wildman–Crippen MR) is 65.7 cm³/mol. The quantitative estimate of drug-likeness (QED) is 0.442. The van der Waals surface area contributed by atoms with Gasteiger partial charge in [0.25, 0.3) is 0 Å². The predicted octanol–water partition coefficient (Wildman–Crippen LogP) is 6.69. The number of hydrogen-bond donors (Lipinski definition) is 0. The van der Waals surface area contributed by atoms with Gasteiger partial charge in [0.2, 0.25) is 0 Å². The summed E-state index contributed by atoms with van der Waals surface area (Å²) in [5, 5.41) is 0. The molecule has 0 atom stereocenters. The first-order valence-corrected chi connectivity index (χ1v) is 6.70. The lowest BCUT2D eigenvalue weighted by molar-refractivity contribution is -0.178. The smallest absolute Gasteiger partial charge is 0.300 e. The van der Waals surface area contributed by atoms with Gasteiger partial charge in [-0.1, -0.05) is 0 Å². The number of benzene rings is 1. The topological polar surface area (TPSA) is 4.93 Å². The Morgan fingerprint density at radius 3 is 1.07 bits per heavy atom. The maximum Gasteiger partial charge on any atom is 0.432 e. The molecular formula is C14H4F13N. The van der Waals surface area contributed by atoms with E-state index in [1.54, 1.807) is 0 Å². The van der Waals surface area contributed by atoms with Crippen LogP contribution in [0.4, 0.5) is 57.1 Å². The molecular weight excluding hydrogens is 429 g/mol. The van der Waals surface area contributed by atoms with Crippen molar-refractivity contribution in [3.8, 4) is 5.69 Å². The van der Waals surface area contributed by atoms with Gasteiger partial charge in [0, 0.05) is 5.69 Å². The number of rotatable bonds is 1. The normalized spacial score (nSPS) is 13.9. The fourth-order valence-corrected chi connectivity index (χ4v) is 2.51. The first kappa shape index (κ1) is 21.9. The molecule has 0 bridgehead atoms. The number of nitrogens with zero attached hydrogens (tertiary/aromatic N) is 1. The molecule has 1 heterocycles. The molecule has 0 aliphatic carbocycles. The molecule has 0 saturated carbocycles. The Kier molecular flexibility index (Phi) is 4.93. The first-order chi connectivity index (χ1) is 12.4. The molecule has 0 amide bonds. The molecule has 0 aliphatic heterocycles. The standard InChI is InChI=1S/C14H4F13N/c15-5-1-3-6(4-2-5)28-9(13(22,23)24)7(11(16,17)18)8(12(19,20)21)10(28)14(25,26)27/h1-4H. The van der Waals surface area contributed by atoms with Gasteiger partial charge in [-0.25, -0.2) is 4.39 Å². The second-order valence-corrected chi connectivity index (χ2v) is 5.25. The van der Waals surface area contributed by atoms with E-state index in [9.17, 15) is 57.1 Å². The highest BCUT2D eigenvalue weighted by molar-refractivity contribution is 5.52. The zero-order chi connectivity index (χ0) is 21.9. The average Bonchev–Trinajstić information content (AvgIpc) is 2.84. The van der Waals surface area contributed by atoms with Crippen molar-refractivity contribution >= 4 is 0 Å². The van der Waals surface area contributed by atoms with Crippen molar-refractivity contribution in [2.24, 2.45) is 0 Å². The summed E-state index contributed by atoms with van der Waals surface area (Å²) in [7, 11) is 0. The molecule has 0 aliphatic rings. The van der Waals surface area contributed by atoms with Crippen molar-refractivity contribution in [1.29, 1.82) is 0 Å². The van der Waals surface area contributed by atoms with E-state index in [2.05, 4.69) is 0 Å². The minimum Gasteiger partial charge on any atom is -0.300 e. The van der Waals surface area contributed by atoms with Gasteiger partial charge in [-0.05, 0) is 24.3 Å². The number of alkyl halides is 12. The van der Waals surface area contributed by atoms with Gasteiger partial charge in [-0.2, -0.15) is 52.7 Å². The third-order valence-electron chi connectivity index (χ3n) is 3.36. The van der Waals surface area contributed by atoms with E-state index in [4.69, 9.17) is 0 Å². The van der Waals surface area contributed by atoms with Crippen LogP contribution in [0.2, 0.25) is 0 Å². The lowest BCUT2D eigenvalue weighted by atomic mass is 10.1. The lowest BCUT2D eigenvalue weighted by Gasteiger charge is -2.18. The molecule has 2 aromatic rings. The number of halogens is 13. The molecule has 156 valence electrons. The molecule has 0 N–H and O–H groups in total. The van der Waals surface area contributed by atoms with Crippen molar-refractivity contribution in [3.63, 3.8) is 0 Å². The van der Waals surface area contributed by atoms with Crippen LogP contribution in [0.3, 0.4) is 0 Å². The summed E-state index contributed by atoms with van der Waals surface area (Å²) in [5.41, 5.74) is -14.9. The van der Waals surface area contributed by atoms with E-state index in [1.807, 2.05) is 0 Å². The van der Waals surface area contributed by atoms with Crippen LogP contribution < -0.4 is 0 Å². The Morgan fingerprint density at radius 1 is 0.500 bits per heavy atom. The molecule has 1 aromatic heterocycles. The van der Waals surface area contributed by atoms with E-state index in [0.29, 0.717) is 0 Å². The third-order valence-corrected chi connectivity index (χ3v) is 3.36. The first-order valence-electron chi connectivity index (χ1n) is 6.70. The molecule has 1 nitrogen and oxygen atoms in total. The fourth-order valence-electron chi connectivity index (χ4n) is 2.51. The van der Waals surface area contributed by atoms with Gasteiger partial charge in [-0.15, -0.1) is 0 Å². The maximum absolute atomic E-state index is 13.2. The Bertz CT molecular complexity index is 810. The van der Waals surface area contributed by atoms with Crippen molar-refractivity contribution in [2.45, 2.75) is 24.7 Å². The van der Waals surface area contributed by atoms with Crippen LogP contribution in [-0.2, 0) is 24.7 Å². The number of aromatic nitrogens is 1. The van der Waals surface area contributed by atoms with Crippen molar-refractivity contribution in [3.05, 3.63) is 52.6 Å². The van der Waals surface area contributed by atoms with Crippen LogP contribution in [0.5, 0.6) is 0 Å². The molecule has 14 heteroatoms. The van der Waals surface area contributed by atoms with Gasteiger partial charge in [0.05, 0.1) is 11.1 Å². The summed E-state index contributed by atoms with van der Waals surface area (Å²) in [5.74, 6) is -1.20. The summed E-state index contributed by atoms with van der Waals surface area (Å²) in [6.07, 6.45) is -25.4. The monoisotopic (exact) mass is 433 g/mol. The Morgan fingerprint density at radius 2 is 0.821 bits per heavy atom. The van der Waals surface area contributed by atoms with E-state index >= 15 is 0 Å². The Balaban J connectivity index is 3.22. The maximum atomic E-state index is 13.2. The summed E-state index contributed by atoms with van der Waals surface area (Å²) < 4.78 is 170. The van der Waals surface area contributed by atoms with Crippen molar-refractivity contribution in [1.82, 2.24) is 4.57 Å². The van der Waals surface area contributed by atoms with Gasteiger partial charge in [0.1, 0.15) is 17.2 Å². The van der Waals surface area contributed by atoms with Crippen LogP contribution in [0, 0.1) is 5.82 Å². The van der Waals surface area contributed by atoms with Gasteiger partial charge < -0.3 is 4.57 Å². The summed E-state index contributed by atoms with van der Waals surface area (Å²) in [6.45, 7) is 0. The zero-order valence-corrected chi connectivity index (χ0v) is 12.7. The third kappa shape index (κ3) is 3.90. The second kappa shape index (κ2) is 6.30. The molecule has 0 unspecified atom stereocenters. The molecule has 28 heavy (non-hydrogen) atoms. The molecule has 1 aromatic carbocycles. The highest BCUT2D eigenvalue weighted by atomic mass is 19.4. The molecule has 0 spiro atoms. The molecule has 2 rings (SSSR count). The van der Waals surface area contributed by atoms with Crippen LogP contribution >= 0.6 is 0 Å². The summed E-state index contributed by atoms with van der Waals surface area (Å²) >= 11 is 0. The summed E-state index contributed by atoms with van der Waals surface area (Å²) in [4.78, 5) is 0. The number of hydrogen-bond acceptors (Lipinski definition) is 0. The second-order valence-electron chi connectivity index (χ2n) is 5.25. The summed E-state index contributed by atoms with van der Waals surface area (Å²) in [6, 6.07) is 0.909. The van der Waals surface area contributed by atoms with Crippen molar-refractivity contribution in [2.75, 3.05) is 0 Å². The highest BCUT2D eigenvalue weighted by Crippen LogP contribution is 2.53. The average molecular weight is 433 g/mol. The van der Waals surface area contributed by atoms with Crippen LogP contribution in [0.15, 0.2) is 24.3 Å². The van der Waals surface area contributed by atoms with Gasteiger partial charge >= 0.3 is 24.7 Å². The Labute approximate surface area is 146 Å². The minimum absolute atomic E-state index is 0.181.